The zero-order valence-corrected chi connectivity index (χ0v) is 14.6. The fourth-order valence-corrected chi connectivity index (χ4v) is 3.70. The molecule has 0 bridgehead atoms. The Hall–Kier alpha value is -1.71. The van der Waals surface area contributed by atoms with Gasteiger partial charge in [-0.2, -0.15) is 0 Å². The molecule has 0 aliphatic heterocycles. The fraction of sp³-hybridized carbons (Fsp3) is 0.357. The van der Waals surface area contributed by atoms with Crippen molar-refractivity contribution in [2.75, 3.05) is 12.2 Å². The molecule has 2 rings (SSSR count). The molecule has 0 aliphatic rings. The lowest BCUT2D eigenvalue weighted by Gasteiger charge is -2.07. The monoisotopic (exact) mass is 359 g/mol. The Balaban J connectivity index is 2.14. The van der Waals surface area contributed by atoms with Crippen LogP contribution in [-0.4, -0.2) is 34.2 Å². The summed E-state index contributed by atoms with van der Waals surface area (Å²) in [4.78, 5) is -0.150. The highest BCUT2D eigenvalue weighted by Gasteiger charge is 2.18. The minimum absolute atomic E-state index is 0.0478. The topological polar surface area (TPSA) is 104 Å². The van der Waals surface area contributed by atoms with Gasteiger partial charge in [-0.25, -0.2) is 16.8 Å². The number of rotatable bonds is 6. The van der Waals surface area contributed by atoms with E-state index in [1.165, 1.54) is 18.2 Å². The molecule has 1 aromatic carbocycles. The summed E-state index contributed by atoms with van der Waals surface area (Å²) in [5.74, 6) is 0.00329. The van der Waals surface area contributed by atoms with Gasteiger partial charge in [0.25, 0.3) is 0 Å². The van der Waals surface area contributed by atoms with Gasteiger partial charge < -0.3 is 9.26 Å². The van der Waals surface area contributed by atoms with Crippen LogP contribution >= 0.6 is 0 Å². The molecule has 1 heterocycles. The fourth-order valence-electron chi connectivity index (χ4n) is 1.93. The summed E-state index contributed by atoms with van der Waals surface area (Å²) in [6.45, 7) is 3.49. The van der Waals surface area contributed by atoms with Crippen LogP contribution in [0.2, 0.25) is 0 Å². The van der Waals surface area contributed by atoms with E-state index >= 15 is 0 Å². The van der Waals surface area contributed by atoms with Crippen molar-refractivity contribution in [3.63, 3.8) is 0 Å². The smallest absolute Gasteiger partial charge is 0.202 e. The predicted octanol–water partition coefficient (Wildman–Crippen LogP) is 1.64. The van der Waals surface area contributed by atoms with Gasteiger partial charge in [0, 0.05) is 11.8 Å². The molecule has 7 nitrogen and oxygen atoms in total. The molecule has 0 radical (unpaired) electrons. The van der Waals surface area contributed by atoms with Crippen molar-refractivity contribution in [1.29, 1.82) is 0 Å². The quantitative estimate of drug-likeness (QED) is 0.772. The van der Waals surface area contributed by atoms with Crippen LogP contribution in [0.4, 0.5) is 0 Å². The lowest BCUT2D eigenvalue weighted by Crippen LogP contribution is -2.11. The first-order valence-electron chi connectivity index (χ1n) is 6.63. The lowest BCUT2D eigenvalue weighted by molar-refractivity contribution is 0.161. The zero-order valence-electron chi connectivity index (χ0n) is 12.9. The highest BCUT2D eigenvalue weighted by molar-refractivity contribution is 7.91. The maximum atomic E-state index is 12.3. The van der Waals surface area contributed by atoms with Crippen LogP contribution in [0.1, 0.15) is 17.0 Å². The SMILES string of the molecule is Cc1noc(C)c1COCS(=O)(=O)c1cccc(S(C)(=O)=O)c1. The van der Waals surface area contributed by atoms with Crippen LogP contribution in [-0.2, 0) is 31.0 Å². The summed E-state index contributed by atoms with van der Waals surface area (Å²) in [7, 11) is -7.24. The van der Waals surface area contributed by atoms with Crippen molar-refractivity contribution in [3.05, 3.63) is 41.3 Å². The molecule has 0 fully saturated rings. The number of aryl methyl sites for hydroxylation is 2. The molecule has 9 heteroatoms. The molecule has 0 unspecified atom stereocenters. The summed E-state index contributed by atoms with van der Waals surface area (Å²) < 4.78 is 57.7. The van der Waals surface area contributed by atoms with Crippen molar-refractivity contribution in [2.45, 2.75) is 30.2 Å². The van der Waals surface area contributed by atoms with Gasteiger partial charge >= 0.3 is 0 Å². The summed E-state index contributed by atoms with van der Waals surface area (Å²) in [6, 6.07) is 5.20. The van der Waals surface area contributed by atoms with Crippen molar-refractivity contribution in [3.8, 4) is 0 Å². The van der Waals surface area contributed by atoms with E-state index in [-0.39, 0.29) is 16.4 Å². The van der Waals surface area contributed by atoms with Crippen LogP contribution < -0.4 is 0 Å². The molecule has 23 heavy (non-hydrogen) atoms. The summed E-state index contributed by atoms with van der Waals surface area (Å²) in [6.07, 6.45) is 1.02. The Bertz CT molecular complexity index is 893. The Labute approximate surface area is 135 Å². The Morgan fingerprint density at radius 3 is 2.35 bits per heavy atom. The lowest BCUT2D eigenvalue weighted by atomic mass is 10.2. The van der Waals surface area contributed by atoms with E-state index in [0.29, 0.717) is 17.0 Å². The van der Waals surface area contributed by atoms with Crippen LogP contribution in [0, 0.1) is 13.8 Å². The van der Waals surface area contributed by atoms with Crippen molar-refractivity contribution < 1.29 is 26.1 Å². The highest BCUT2D eigenvalue weighted by atomic mass is 32.2. The van der Waals surface area contributed by atoms with Crippen molar-refractivity contribution in [1.82, 2.24) is 5.16 Å². The predicted molar refractivity (Wildman–Crippen MR) is 82.4 cm³/mol. The zero-order chi connectivity index (χ0) is 17.3. The third-order valence-corrected chi connectivity index (χ3v) is 5.82. The number of ether oxygens (including phenoxy) is 1. The highest BCUT2D eigenvalue weighted by Crippen LogP contribution is 2.18. The summed E-state index contributed by atoms with van der Waals surface area (Å²) >= 11 is 0. The van der Waals surface area contributed by atoms with Gasteiger partial charge in [-0.15, -0.1) is 0 Å². The van der Waals surface area contributed by atoms with E-state index in [0.717, 1.165) is 12.3 Å². The van der Waals surface area contributed by atoms with Gasteiger partial charge in [-0.05, 0) is 32.0 Å². The van der Waals surface area contributed by atoms with Crippen molar-refractivity contribution >= 4 is 19.7 Å². The minimum Gasteiger partial charge on any atom is -0.361 e. The molecule has 0 atom stereocenters. The molecule has 1 aromatic heterocycles. The van der Waals surface area contributed by atoms with E-state index in [1.807, 2.05) is 0 Å². The van der Waals surface area contributed by atoms with Gasteiger partial charge in [-0.1, -0.05) is 11.2 Å². The van der Waals surface area contributed by atoms with Crippen molar-refractivity contribution in [2.24, 2.45) is 0 Å². The summed E-state index contributed by atoms with van der Waals surface area (Å²) in [5, 5.41) is 3.76. The van der Waals surface area contributed by atoms with Gasteiger partial charge in [0.05, 0.1) is 22.1 Å². The van der Waals surface area contributed by atoms with Gasteiger partial charge in [0.1, 0.15) is 5.76 Å². The first-order chi connectivity index (χ1) is 10.6. The van der Waals surface area contributed by atoms with E-state index in [4.69, 9.17) is 9.26 Å². The third-order valence-electron chi connectivity index (χ3n) is 3.26. The average molecular weight is 359 g/mol. The second kappa shape index (κ2) is 6.42. The summed E-state index contributed by atoms with van der Waals surface area (Å²) in [5.41, 5.74) is 1.34. The van der Waals surface area contributed by atoms with Crippen LogP contribution in [0.25, 0.3) is 0 Å². The maximum Gasteiger partial charge on any atom is 0.202 e. The van der Waals surface area contributed by atoms with E-state index in [1.54, 1.807) is 13.8 Å². The Morgan fingerprint density at radius 2 is 1.78 bits per heavy atom. The average Bonchev–Trinajstić information content (AvgIpc) is 2.78. The Morgan fingerprint density at radius 1 is 1.13 bits per heavy atom. The van der Waals surface area contributed by atoms with Gasteiger partial charge in [0.2, 0.25) is 9.84 Å². The third kappa shape index (κ3) is 4.18. The first-order valence-corrected chi connectivity index (χ1v) is 10.2. The van der Waals surface area contributed by atoms with Crippen LogP contribution in [0.3, 0.4) is 0 Å². The van der Waals surface area contributed by atoms with Crippen LogP contribution in [0.15, 0.2) is 38.6 Å². The van der Waals surface area contributed by atoms with Crippen LogP contribution in [0.5, 0.6) is 0 Å². The number of hydrogen-bond acceptors (Lipinski definition) is 7. The number of aromatic nitrogens is 1. The van der Waals surface area contributed by atoms with Gasteiger partial charge in [0.15, 0.2) is 15.8 Å². The molecule has 0 N–H and O–H groups in total. The molecule has 0 saturated carbocycles. The number of benzene rings is 1. The number of sulfone groups is 2. The Kier molecular flexibility index (Phi) is 4.92. The molecular formula is C14H17NO6S2. The van der Waals surface area contributed by atoms with E-state index in [2.05, 4.69) is 5.16 Å². The standard InChI is InChI=1S/C14H17NO6S2/c1-10-14(11(2)21-15-10)8-20-9-23(18,19)13-6-4-5-12(7-13)22(3,16)17/h4-7H,8-9H2,1-3H3. The van der Waals surface area contributed by atoms with E-state index < -0.39 is 25.6 Å². The largest absolute Gasteiger partial charge is 0.361 e. The number of hydrogen-bond donors (Lipinski definition) is 0. The molecule has 0 aliphatic carbocycles. The molecule has 126 valence electrons. The molecule has 0 spiro atoms. The molecule has 2 aromatic rings. The second-order valence-corrected chi connectivity index (χ2v) is 9.08. The molecule has 0 amide bonds. The number of nitrogens with zero attached hydrogens (tertiary/aromatic N) is 1. The molecule has 0 saturated heterocycles. The molecular weight excluding hydrogens is 342 g/mol. The minimum atomic E-state index is -3.76. The first kappa shape index (κ1) is 17.6. The maximum absolute atomic E-state index is 12.3. The normalized spacial score (nSPS) is 12.5. The van der Waals surface area contributed by atoms with Gasteiger partial charge in [-0.3, -0.25) is 0 Å². The van der Waals surface area contributed by atoms with E-state index in [9.17, 15) is 16.8 Å². The second-order valence-electron chi connectivity index (χ2n) is 5.13.